The van der Waals surface area contributed by atoms with Crippen molar-refractivity contribution in [1.29, 1.82) is 0 Å². The quantitative estimate of drug-likeness (QED) is 0.573. The number of amides is 4. The molecule has 4 rings (SSSR count). The van der Waals surface area contributed by atoms with Crippen LogP contribution in [0.15, 0.2) is 48.2 Å². The summed E-state index contributed by atoms with van der Waals surface area (Å²) >= 11 is 0. The summed E-state index contributed by atoms with van der Waals surface area (Å²) in [7, 11) is 0. The third-order valence-corrected chi connectivity index (χ3v) is 5.40. The fourth-order valence-corrected chi connectivity index (χ4v) is 3.77. The van der Waals surface area contributed by atoms with Gasteiger partial charge in [0.15, 0.2) is 0 Å². The van der Waals surface area contributed by atoms with E-state index in [4.69, 9.17) is 0 Å². The Balaban J connectivity index is 1.49. The summed E-state index contributed by atoms with van der Waals surface area (Å²) in [6.07, 6.45) is 3.53. The molecule has 7 nitrogen and oxygen atoms in total. The predicted molar refractivity (Wildman–Crippen MR) is 116 cm³/mol. The van der Waals surface area contributed by atoms with Crippen molar-refractivity contribution in [3.8, 4) is 0 Å². The second-order valence-corrected chi connectivity index (χ2v) is 7.65. The number of nitrogens with one attached hydrogen (secondary N) is 2. The molecule has 0 aliphatic carbocycles. The van der Waals surface area contributed by atoms with Crippen molar-refractivity contribution in [2.24, 2.45) is 0 Å². The number of aryl methyl sites for hydroxylation is 1. The lowest BCUT2D eigenvalue weighted by Crippen LogP contribution is -2.38. The Labute approximate surface area is 179 Å². The van der Waals surface area contributed by atoms with Crippen LogP contribution in [0.5, 0.6) is 0 Å². The number of rotatable bonds is 5. The van der Waals surface area contributed by atoms with Gasteiger partial charge in [-0.25, -0.2) is 14.1 Å². The van der Waals surface area contributed by atoms with Crippen molar-refractivity contribution in [1.82, 2.24) is 10.2 Å². The molecule has 0 radical (unpaired) electrons. The highest BCUT2D eigenvalue weighted by molar-refractivity contribution is 6.16. The molecule has 0 saturated carbocycles. The maximum Gasteiger partial charge on any atom is 0.329 e. The average Bonchev–Trinajstić information content (AvgIpc) is 3.36. The van der Waals surface area contributed by atoms with Gasteiger partial charge in [0.25, 0.3) is 5.91 Å². The van der Waals surface area contributed by atoms with Crippen LogP contribution in [0.3, 0.4) is 0 Å². The lowest BCUT2D eigenvalue weighted by Gasteiger charge is -2.19. The Kier molecular flexibility index (Phi) is 5.70. The van der Waals surface area contributed by atoms with Gasteiger partial charge in [-0.3, -0.25) is 9.59 Å². The van der Waals surface area contributed by atoms with Crippen LogP contribution in [0.4, 0.5) is 20.6 Å². The molecule has 4 amide bonds. The minimum atomic E-state index is -0.689. The molecule has 31 heavy (non-hydrogen) atoms. The number of urea groups is 1. The molecule has 2 aromatic carbocycles. The van der Waals surface area contributed by atoms with Gasteiger partial charge in [-0.1, -0.05) is 18.2 Å². The van der Waals surface area contributed by atoms with Gasteiger partial charge in [0.2, 0.25) is 5.91 Å². The summed E-state index contributed by atoms with van der Waals surface area (Å²) in [6.45, 7) is 3.06. The van der Waals surface area contributed by atoms with Gasteiger partial charge < -0.3 is 15.5 Å². The second-order valence-electron chi connectivity index (χ2n) is 7.65. The zero-order valence-corrected chi connectivity index (χ0v) is 17.2. The van der Waals surface area contributed by atoms with E-state index in [-0.39, 0.29) is 11.5 Å². The molecule has 8 heteroatoms. The predicted octanol–water partition coefficient (Wildman–Crippen LogP) is 3.27. The van der Waals surface area contributed by atoms with Crippen molar-refractivity contribution in [2.45, 2.75) is 19.8 Å². The van der Waals surface area contributed by atoms with E-state index in [1.165, 1.54) is 12.1 Å². The monoisotopic (exact) mass is 422 g/mol. The number of benzene rings is 2. The second kappa shape index (κ2) is 8.59. The van der Waals surface area contributed by atoms with Gasteiger partial charge in [0, 0.05) is 18.8 Å². The molecular weight excluding hydrogens is 399 g/mol. The van der Waals surface area contributed by atoms with Crippen LogP contribution < -0.4 is 15.5 Å². The van der Waals surface area contributed by atoms with E-state index in [9.17, 15) is 18.8 Å². The van der Waals surface area contributed by atoms with Crippen LogP contribution in [0.1, 0.15) is 24.0 Å². The maximum atomic E-state index is 14.7. The summed E-state index contributed by atoms with van der Waals surface area (Å²) in [5.74, 6) is -1.49. The van der Waals surface area contributed by atoms with E-state index in [0.717, 1.165) is 36.4 Å². The number of carbonyl (C=O) groups excluding carboxylic acids is 3. The van der Waals surface area contributed by atoms with Gasteiger partial charge in [-0.15, -0.1) is 0 Å². The molecule has 2 fully saturated rings. The van der Waals surface area contributed by atoms with E-state index in [1.807, 2.05) is 17.9 Å². The summed E-state index contributed by atoms with van der Waals surface area (Å²) in [5, 5.41) is 5.11. The van der Waals surface area contributed by atoms with E-state index in [0.29, 0.717) is 16.9 Å². The largest absolute Gasteiger partial charge is 0.369 e. The number of para-hydroxylation sites is 1. The molecule has 2 aromatic rings. The fraction of sp³-hybridized carbons (Fsp3) is 0.261. The number of halogens is 1. The Morgan fingerprint density at radius 1 is 1.16 bits per heavy atom. The SMILES string of the molecule is Cc1cc(N2CCCC2)c(F)cc1/C=C1\NC(=O)N(CC(=O)Nc2ccccc2)C1=O. The topological polar surface area (TPSA) is 81.8 Å². The minimum Gasteiger partial charge on any atom is -0.369 e. The average molecular weight is 422 g/mol. The lowest BCUT2D eigenvalue weighted by molar-refractivity contribution is -0.127. The molecule has 0 atom stereocenters. The van der Waals surface area contributed by atoms with Crippen LogP contribution in [-0.4, -0.2) is 42.4 Å². The van der Waals surface area contributed by atoms with Gasteiger partial charge in [-0.05, 0) is 61.2 Å². The van der Waals surface area contributed by atoms with Crippen LogP contribution in [-0.2, 0) is 9.59 Å². The van der Waals surface area contributed by atoms with Crippen LogP contribution in [0.2, 0.25) is 0 Å². The first-order valence-electron chi connectivity index (χ1n) is 10.2. The summed E-state index contributed by atoms with van der Waals surface area (Å²) < 4.78 is 14.7. The third-order valence-electron chi connectivity index (χ3n) is 5.40. The Bertz CT molecular complexity index is 1060. The lowest BCUT2D eigenvalue weighted by atomic mass is 10.1. The van der Waals surface area contributed by atoms with E-state index < -0.39 is 24.4 Å². The highest BCUT2D eigenvalue weighted by Gasteiger charge is 2.35. The summed E-state index contributed by atoms with van der Waals surface area (Å²) in [5.41, 5.74) is 2.42. The number of hydrogen-bond donors (Lipinski definition) is 2. The number of imide groups is 1. The Morgan fingerprint density at radius 2 is 1.87 bits per heavy atom. The van der Waals surface area contributed by atoms with E-state index >= 15 is 0 Å². The molecular formula is C23H23FN4O3. The highest BCUT2D eigenvalue weighted by atomic mass is 19.1. The molecule has 2 N–H and O–H groups in total. The van der Waals surface area contributed by atoms with Crippen LogP contribution in [0.25, 0.3) is 6.08 Å². The minimum absolute atomic E-state index is 0.00827. The first kappa shape index (κ1) is 20.6. The molecule has 2 heterocycles. The number of nitrogens with zero attached hydrogens (tertiary/aromatic N) is 2. The van der Waals surface area contributed by atoms with Crippen LogP contribution >= 0.6 is 0 Å². The van der Waals surface area contributed by atoms with Crippen molar-refractivity contribution in [2.75, 3.05) is 29.9 Å². The normalized spacial score (nSPS) is 17.4. The van der Waals surface area contributed by atoms with Gasteiger partial charge in [0.1, 0.15) is 18.1 Å². The summed E-state index contributed by atoms with van der Waals surface area (Å²) in [4.78, 5) is 40.0. The smallest absolute Gasteiger partial charge is 0.329 e. The highest BCUT2D eigenvalue weighted by Crippen LogP contribution is 2.28. The van der Waals surface area contributed by atoms with Crippen molar-refractivity contribution >= 4 is 35.3 Å². The van der Waals surface area contributed by atoms with Gasteiger partial charge in [-0.2, -0.15) is 0 Å². The first-order chi connectivity index (χ1) is 14.9. The van der Waals surface area contributed by atoms with Crippen molar-refractivity contribution in [3.05, 3.63) is 65.1 Å². The van der Waals surface area contributed by atoms with Crippen molar-refractivity contribution < 1.29 is 18.8 Å². The molecule has 0 spiro atoms. The van der Waals surface area contributed by atoms with Crippen LogP contribution in [0, 0.1) is 12.7 Å². The van der Waals surface area contributed by atoms with Gasteiger partial charge in [0.05, 0.1) is 5.69 Å². The number of anilines is 2. The summed E-state index contributed by atoms with van der Waals surface area (Å²) in [6, 6.07) is 11.2. The zero-order chi connectivity index (χ0) is 22.0. The third kappa shape index (κ3) is 4.42. The van der Waals surface area contributed by atoms with E-state index in [2.05, 4.69) is 10.6 Å². The Hall–Kier alpha value is -3.68. The molecule has 2 aliphatic heterocycles. The molecule has 0 unspecified atom stereocenters. The standard InChI is InChI=1S/C23H23FN4O3/c1-15-11-20(27-9-5-6-10-27)18(24)12-16(15)13-19-22(30)28(23(31)26-19)14-21(29)25-17-7-3-2-4-8-17/h2-4,7-8,11-13H,5-6,9-10,14H2,1H3,(H,25,29)(H,26,31)/b19-13-. The first-order valence-corrected chi connectivity index (χ1v) is 10.2. The molecule has 0 aromatic heterocycles. The van der Waals surface area contributed by atoms with Crippen molar-refractivity contribution in [3.63, 3.8) is 0 Å². The number of hydrogen-bond acceptors (Lipinski definition) is 4. The molecule has 2 saturated heterocycles. The number of carbonyl (C=O) groups is 3. The fourth-order valence-electron chi connectivity index (χ4n) is 3.77. The molecule has 160 valence electrons. The van der Waals surface area contributed by atoms with E-state index in [1.54, 1.807) is 30.3 Å². The zero-order valence-electron chi connectivity index (χ0n) is 17.2. The molecule has 0 bridgehead atoms. The molecule has 2 aliphatic rings. The maximum absolute atomic E-state index is 14.7. The van der Waals surface area contributed by atoms with Gasteiger partial charge >= 0.3 is 6.03 Å². The Morgan fingerprint density at radius 3 is 2.58 bits per heavy atom.